The van der Waals surface area contributed by atoms with Crippen molar-refractivity contribution in [2.75, 3.05) is 25.5 Å². The highest BCUT2D eigenvalue weighted by molar-refractivity contribution is 7.09. The molecule has 21 heavy (non-hydrogen) atoms. The lowest BCUT2D eigenvalue weighted by molar-refractivity contribution is -0.689. The summed E-state index contributed by atoms with van der Waals surface area (Å²) in [7, 11) is 0. The van der Waals surface area contributed by atoms with Crippen molar-refractivity contribution in [3.05, 3.63) is 33.7 Å². The first-order valence-electron chi connectivity index (χ1n) is 6.94. The van der Waals surface area contributed by atoms with Gasteiger partial charge in [0, 0.05) is 26.1 Å². The molecule has 0 amide bonds. The number of ether oxygens (including phenoxy) is 1. The van der Waals surface area contributed by atoms with E-state index in [1.807, 2.05) is 6.92 Å². The third-order valence-corrected chi connectivity index (χ3v) is 4.40. The number of thiazole rings is 1. The van der Waals surface area contributed by atoms with Gasteiger partial charge in [-0.05, 0) is 6.92 Å². The molecule has 0 bridgehead atoms. The van der Waals surface area contributed by atoms with Crippen LogP contribution in [0.4, 0.5) is 5.82 Å². The third-order valence-electron chi connectivity index (χ3n) is 3.25. The van der Waals surface area contributed by atoms with E-state index in [9.17, 15) is 0 Å². The molecule has 2 aromatic rings. The van der Waals surface area contributed by atoms with Crippen molar-refractivity contribution in [1.29, 1.82) is 0 Å². The summed E-state index contributed by atoms with van der Waals surface area (Å²) >= 11 is 1.73. The van der Waals surface area contributed by atoms with Crippen LogP contribution >= 0.6 is 11.3 Å². The van der Waals surface area contributed by atoms with Gasteiger partial charge < -0.3 is 16.2 Å². The Balaban J connectivity index is 2.02. The lowest BCUT2D eigenvalue weighted by atomic mass is 10.2. The Bertz CT molecular complexity index is 599. The highest BCUT2D eigenvalue weighted by Gasteiger charge is 2.17. The average Bonchev–Trinajstić information content (AvgIpc) is 2.79. The van der Waals surface area contributed by atoms with Crippen LogP contribution in [0.3, 0.4) is 0 Å². The second-order valence-corrected chi connectivity index (χ2v) is 5.78. The van der Waals surface area contributed by atoms with Crippen LogP contribution in [-0.4, -0.2) is 29.7 Å². The predicted molar refractivity (Wildman–Crippen MR) is 83.1 cm³/mol. The Morgan fingerprint density at radius 3 is 2.86 bits per heavy atom. The molecule has 2 rings (SSSR count). The number of nitrogen functional groups attached to an aromatic ring is 1. The van der Waals surface area contributed by atoms with Crippen LogP contribution < -0.4 is 16.0 Å². The Kier molecular flexibility index (Phi) is 5.60. The van der Waals surface area contributed by atoms with Crippen molar-refractivity contribution in [2.24, 2.45) is 5.73 Å². The van der Waals surface area contributed by atoms with Crippen LogP contribution in [0.25, 0.3) is 0 Å². The summed E-state index contributed by atoms with van der Waals surface area (Å²) in [6, 6.07) is 0. The zero-order valence-electron chi connectivity index (χ0n) is 12.5. The van der Waals surface area contributed by atoms with E-state index in [2.05, 4.69) is 27.0 Å². The quantitative estimate of drug-likeness (QED) is 0.577. The molecule has 0 aromatic carbocycles. The second-order valence-electron chi connectivity index (χ2n) is 4.84. The summed E-state index contributed by atoms with van der Waals surface area (Å²) in [5.74, 6) is 1.24. The molecule has 0 aliphatic carbocycles. The van der Waals surface area contributed by atoms with E-state index in [1.165, 1.54) is 10.6 Å². The summed E-state index contributed by atoms with van der Waals surface area (Å²) in [4.78, 5) is 9.73. The van der Waals surface area contributed by atoms with E-state index in [4.69, 9.17) is 16.2 Å². The molecule has 2 aromatic heterocycles. The van der Waals surface area contributed by atoms with Crippen LogP contribution in [0.1, 0.15) is 22.0 Å². The van der Waals surface area contributed by atoms with Crippen LogP contribution in [0.15, 0.2) is 11.7 Å². The number of aryl methyl sites for hydroxylation is 1. The molecule has 2 heterocycles. The van der Waals surface area contributed by atoms with Gasteiger partial charge in [0.2, 0.25) is 5.51 Å². The average molecular weight is 308 g/mol. The molecule has 0 saturated heterocycles. The Morgan fingerprint density at radius 2 is 2.14 bits per heavy atom. The van der Waals surface area contributed by atoms with Gasteiger partial charge >= 0.3 is 0 Å². The van der Waals surface area contributed by atoms with E-state index in [-0.39, 0.29) is 0 Å². The van der Waals surface area contributed by atoms with Gasteiger partial charge in [-0.3, -0.25) is 0 Å². The zero-order valence-corrected chi connectivity index (χ0v) is 13.3. The molecule has 4 N–H and O–H groups in total. The molecule has 6 nitrogen and oxygen atoms in total. The first-order valence-corrected chi connectivity index (χ1v) is 7.82. The van der Waals surface area contributed by atoms with Gasteiger partial charge in [-0.2, -0.15) is 4.57 Å². The Hall–Kier alpha value is -1.57. The largest absolute Gasteiger partial charge is 0.383 e. The van der Waals surface area contributed by atoms with Gasteiger partial charge in [-0.15, -0.1) is 0 Å². The fourth-order valence-electron chi connectivity index (χ4n) is 2.02. The van der Waals surface area contributed by atoms with Crippen LogP contribution in [0.5, 0.6) is 0 Å². The lowest BCUT2D eigenvalue weighted by Gasteiger charge is -2.02. The number of nitrogens with zero attached hydrogens (tertiary/aromatic N) is 3. The molecule has 0 aliphatic heterocycles. The minimum absolute atomic E-state index is 0.549. The first-order chi connectivity index (χ1) is 10.1. The molecule has 114 valence electrons. The van der Waals surface area contributed by atoms with Crippen LogP contribution in [0.2, 0.25) is 0 Å². The van der Waals surface area contributed by atoms with Gasteiger partial charge in [0.05, 0.1) is 23.7 Å². The van der Waals surface area contributed by atoms with Gasteiger partial charge in [0.15, 0.2) is 12.2 Å². The van der Waals surface area contributed by atoms with Crippen molar-refractivity contribution in [3.8, 4) is 0 Å². The predicted octanol–water partition coefficient (Wildman–Crippen LogP) is 0.591. The van der Waals surface area contributed by atoms with Crippen molar-refractivity contribution in [3.63, 3.8) is 0 Å². The normalized spacial score (nSPS) is 11.0. The van der Waals surface area contributed by atoms with E-state index in [0.29, 0.717) is 37.9 Å². The fourth-order valence-corrected chi connectivity index (χ4v) is 2.99. The Morgan fingerprint density at radius 1 is 1.33 bits per heavy atom. The minimum atomic E-state index is 0.549. The molecular formula is C14H22N5OS+. The summed E-state index contributed by atoms with van der Waals surface area (Å²) < 4.78 is 7.61. The number of hydrogen-bond acceptors (Lipinski definition) is 6. The fraction of sp³-hybridized carbons (Fsp3) is 0.500. The third kappa shape index (κ3) is 4.20. The van der Waals surface area contributed by atoms with E-state index in [0.717, 1.165) is 12.0 Å². The van der Waals surface area contributed by atoms with Gasteiger partial charge in [0.1, 0.15) is 11.6 Å². The molecule has 0 unspecified atom stereocenters. The molecule has 0 fully saturated rings. The smallest absolute Gasteiger partial charge is 0.225 e. The summed E-state index contributed by atoms with van der Waals surface area (Å²) in [6.45, 7) is 6.52. The van der Waals surface area contributed by atoms with Gasteiger partial charge in [-0.1, -0.05) is 11.3 Å². The minimum Gasteiger partial charge on any atom is -0.383 e. The first kappa shape index (κ1) is 15.8. The number of nitrogens with two attached hydrogens (primary N) is 2. The molecule has 0 saturated carbocycles. The van der Waals surface area contributed by atoms with Gasteiger partial charge in [-0.25, -0.2) is 9.97 Å². The molecule has 0 spiro atoms. The topological polar surface area (TPSA) is 90.9 Å². The molecule has 0 atom stereocenters. The van der Waals surface area contributed by atoms with Crippen molar-refractivity contribution in [2.45, 2.75) is 26.8 Å². The monoisotopic (exact) mass is 308 g/mol. The van der Waals surface area contributed by atoms with E-state index in [1.54, 1.807) is 17.5 Å². The molecule has 0 aliphatic rings. The maximum atomic E-state index is 5.95. The maximum absolute atomic E-state index is 5.95. The molecule has 7 heteroatoms. The Labute approximate surface area is 128 Å². The maximum Gasteiger partial charge on any atom is 0.225 e. The van der Waals surface area contributed by atoms with Crippen molar-refractivity contribution >= 4 is 17.2 Å². The highest BCUT2D eigenvalue weighted by Crippen LogP contribution is 2.14. The SMILES string of the molecule is Cc1ncc(C[n+]2csc(CCOCCN)c2C)c(N)n1. The number of aromatic nitrogens is 3. The van der Waals surface area contributed by atoms with Crippen LogP contribution in [-0.2, 0) is 17.7 Å². The summed E-state index contributed by atoms with van der Waals surface area (Å²) in [5, 5.41) is 0. The summed E-state index contributed by atoms with van der Waals surface area (Å²) in [6.07, 6.45) is 2.70. The number of rotatable bonds is 7. The molecular weight excluding hydrogens is 286 g/mol. The lowest BCUT2D eigenvalue weighted by Crippen LogP contribution is -2.35. The van der Waals surface area contributed by atoms with Gasteiger partial charge in [0.25, 0.3) is 0 Å². The van der Waals surface area contributed by atoms with Crippen molar-refractivity contribution < 1.29 is 9.30 Å². The molecule has 0 radical (unpaired) electrons. The van der Waals surface area contributed by atoms with Crippen molar-refractivity contribution in [1.82, 2.24) is 9.97 Å². The van der Waals surface area contributed by atoms with Crippen LogP contribution in [0, 0.1) is 13.8 Å². The van der Waals surface area contributed by atoms with E-state index < -0.39 is 0 Å². The standard InChI is InChI=1S/C14H22N5OS/c1-10-13(3-5-20-6-4-15)21-9-19(10)8-12-7-17-11(2)18-14(12)16/h7,9H,3-6,8,15H2,1-2H3,(H2,16,17,18)/q+1. The number of anilines is 1. The zero-order chi connectivity index (χ0) is 15.2. The highest BCUT2D eigenvalue weighted by atomic mass is 32.1. The summed E-state index contributed by atoms with van der Waals surface area (Å²) in [5.41, 5.74) is 15.6. The number of hydrogen-bond donors (Lipinski definition) is 2. The second kappa shape index (κ2) is 7.44. The van der Waals surface area contributed by atoms with E-state index >= 15 is 0 Å².